The quantitative estimate of drug-likeness (QED) is 0.539. The second-order valence-electron chi connectivity index (χ2n) is 5.84. The molecule has 3 atom stereocenters. The number of carbonyl (C=O) groups is 1. The van der Waals surface area contributed by atoms with Gasteiger partial charge in [0.15, 0.2) is 0 Å². The Balaban J connectivity index is 1.27. The van der Waals surface area contributed by atoms with Gasteiger partial charge in [-0.05, 0) is 50.0 Å². The summed E-state index contributed by atoms with van der Waals surface area (Å²) in [7, 11) is 0. The molecule has 0 aliphatic heterocycles. The van der Waals surface area contributed by atoms with Crippen LogP contribution in [0.25, 0.3) is 0 Å². The third kappa shape index (κ3) is 2.89. The zero-order valence-corrected chi connectivity index (χ0v) is 10.3. The highest BCUT2D eigenvalue weighted by atomic mass is 16.1. The predicted octanol–water partition coefficient (Wildman–Crippen LogP) is 1.46. The van der Waals surface area contributed by atoms with Crippen LogP contribution in [0.1, 0.15) is 32.1 Å². The van der Waals surface area contributed by atoms with Crippen LogP contribution >= 0.6 is 0 Å². The molecule has 94 valence electrons. The summed E-state index contributed by atoms with van der Waals surface area (Å²) in [6, 6.07) is 0.498. The first kappa shape index (κ1) is 11.3. The van der Waals surface area contributed by atoms with Crippen LogP contribution in [-0.4, -0.2) is 25.0 Å². The Bertz CT molecular complexity index is 322. The summed E-state index contributed by atoms with van der Waals surface area (Å²) in [5, 5.41) is 6.46. The number of carbonyl (C=O) groups excluding carboxylic acids is 1. The lowest BCUT2D eigenvalue weighted by molar-refractivity contribution is -0.121. The molecular formula is C14H22N2O. The molecule has 0 saturated heterocycles. The van der Waals surface area contributed by atoms with Gasteiger partial charge >= 0.3 is 0 Å². The van der Waals surface area contributed by atoms with Crippen LogP contribution in [0.5, 0.6) is 0 Å². The van der Waals surface area contributed by atoms with Crippen molar-refractivity contribution in [2.45, 2.75) is 38.1 Å². The number of amides is 1. The normalized spacial score (nSPS) is 34.2. The van der Waals surface area contributed by atoms with E-state index in [-0.39, 0.29) is 5.91 Å². The van der Waals surface area contributed by atoms with Crippen molar-refractivity contribution >= 4 is 5.91 Å². The molecule has 2 saturated carbocycles. The van der Waals surface area contributed by atoms with Gasteiger partial charge in [-0.15, -0.1) is 0 Å². The number of rotatable bonds is 6. The zero-order valence-electron chi connectivity index (χ0n) is 10.3. The molecule has 3 aliphatic rings. The lowest BCUT2D eigenvalue weighted by Crippen LogP contribution is -2.31. The van der Waals surface area contributed by atoms with E-state index in [0.717, 1.165) is 30.8 Å². The maximum absolute atomic E-state index is 11.5. The molecule has 2 fully saturated rings. The van der Waals surface area contributed by atoms with E-state index in [4.69, 9.17) is 0 Å². The third-order valence-corrected chi connectivity index (χ3v) is 4.29. The van der Waals surface area contributed by atoms with Gasteiger partial charge in [-0.25, -0.2) is 0 Å². The number of nitrogens with one attached hydrogen (secondary N) is 2. The highest BCUT2D eigenvalue weighted by molar-refractivity contribution is 5.76. The molecule has 3 nitrogen and oxygen atoms in total. The lowest BCUT2D eigenvalue weighted by atomic mass is 9.94. The van der Waals surface area contributed by atoms with Crippen LogP contribution < -0.4 is 10.6 Å². The Hall–Kier alpha value is -0.830. The number of allylic oxidation sites excluding steroid dienone is 2. The standard InChI is InChI=1S/C14H22N2O/c17-14(16-13-3-4-13)5-6-15-9-12-8-10-1-2-11(12)7-10/h1-2,10-13,15H,3-9H2,(H,16,17). The summed E-state index contributed by atoms with van der Waals surface area (Å²) in [5.74, 6) is 2.70. The largest absolute Gasteiger partial charge is 0.353 e. The summed E-state index contributed by atoms with van der Waals surface area (Å²) in [5.41, 5.74) is 0. The van der Waals surface area contributed by atoms with Gasteiger partial charge in [-0.1, -0.05) is 12.2 Å². The lowest BCUT2D eigenvalue weighted by Gasteiger charge is -2.18. The molecule has 0 heterocycles. The first-order chi connectivity index (χ1) is 8.31. The fourth-order valence-electron chi connectivity index (χ4n) is 3.15. The Morgan fingerprint density at radius 1 is 1.24 bits per heavy atom. The topological polar surface area (TPSA) is 41.1 Å². The van der Waals surface area contributed by atoms with Crippen LogP contribution in [0.4, 0.5) is 0 Å². The van der Waals surface area contributed by atoms with E-state index in [1.165, 1.54) is 25.7 Å². The SMILES string of the molecule is O=C(CCNCC1CC2C=CC1C2)NC1CC1. The summed E-state index contributed by atoms with van der Waals surface area (Å²) in [6.45, 7) is 1.92. The second-order valence-corrected chi connectivity index (χ2v) is 5.84. The van der Waals surface area contributed by atoms with Crippen molar-refractivity contribution < 1.29 is 4.79 Å². The fourth-order valence-corrected chi connectivity index (χ4v) is 3.15. The molecule has 0 aromatic carbocycles. The summed E-state index contributed by atoms with van der Waals surface area (Å²) in [4.78, 5) is 11.5. The predicted molar refractivity (Wildman–Crippen MR) is 67.5 cm³/mol. The van der Waals surface area contributed by atoms with Crippen LogP contribution in [0.15, 0.2) is 12.2 Å². The van der Waals surface area contributed by atoms with Crippen molar-refractivity contribution in [2.75, 3.05) is 13.1 Å². The van der Waals surface area contributed by atoms with E-state index in [1.54, 1.807) is 0 Å². The molecule has 3 heteroatoms. The van der Waals surface area contributed by atoms with Gasteiger partial charge in [0.05, 0.1) is 0 Å². The zero-order chi connectivity index (χ0) is 11.7. The molecule has 0 spiro atoms. The molecule has 2 N–H and O–H groups in total. The highest BCUT2D eigenvalue weighted by Gasteiger charge is 2.34. The van der Waals surface area contributed by atoms with Gasteiger partial charge in [-0.2, -0.15) is 0 Å². The molecule has 3 unspecified atom stereocenters. The van der Waals surface area contributed by atoms with Crippen molar-refractivity contribution in [3.05, 3.63) is 12.2 Å². The maximum Gasteiger partial charge on any atom is 0.221 e. The Morgan fingerprint density at radius 3 is 2.76 bits per heavy atom. The molecule has 1 amide bonds. The van der Waals surface area contributed by atoms with E-state index >= 15 is 0 Å². The van der Waals surface area contributed by atoms with Gasteiger partial charge in [-0.3, -0.25) is 4.79 Å². The van der Waals surface area contributed by atoms with Gasteiger partial charge in [0.2, 0.25) is 5.91 Å². The first-order valence-corrected chi connectivity index (χ1v) is 6.99. The molecule has 2 bridgehead atoms. The van der Waals surface area contributed by atoms with Gasteiger partial charge in [0, 0.05) is 19.0 Å². The molecule has 3 aliphatic carbocycles. The Kier molecular flexibility index (Phi) is 3.19. The molecule has 3 rings (SSSR count). The van der Waals surface area contributed by atoms with E-state index in [1.807, 2.05) is 0 Å². The molecule has 17 heavy (non-hydrogen) atoms. The van der Waals surface area contributed by atoms with Crippen LogP contribution in [0.2, 0.25) is 0 Å². The third-order valence-electron chi connectivity index (χ3n) is 4.29. The van der Waals surface area contributed by atoms with Crippen molar-refractivity contribution in [3.63, 3.8) is 0 Å². The highest BCUT2D eigenvalue weighted by Crippen LogP contribution is 2.42. The monoisotopic (exact) mass is 234 g/mol. The number of hydrogen-bond acceptors (Lipinski definition) is 2. The number of hydrogen-bond donors (Lipinski definition) is 2. The van der Waals surface area contributed by atoms with E-state index in [0.29, 0.717) is 12.5 Å². The fraction of sp³-hybridized carbons (Fsp3) is 0.786. The minimum absolute atomic E-state index is 0.216. The van der Waals surface area contributed by atoms with Crippen molar-refractivity contribution in [2.24, 2.45) is 17.8 Å². The van der Waals surface area contributed by atoms with Gasteiger partial charge < -0.3 is 10.6 Å². The molecule has 0 radical (unpaired) electrons. The second kappa shape index (κ2) is 4.81. The Morgan fingerprint density at radius 2 is 2.12 bits per heavy atom. The van der Waals surface area contributed by atoms with Crippen LogP contribution in [-0.2, 0) is 4.79 Å². The minimum atomic E-state index is 0.216. The summed E-state index contributed by atoms with van der Waals surface area (Å²) < 4.78 is 0. The maximum atomic E-state index is 11.5. The number of fused-ring (bicyclic) bond motifs is 2. The van der Waals surface area contributed by atoms with Gasteiger partial charge in [0.1, 0.15) is 0 Å². The molecular weight excluding hydrogens is 212 g/mol. The average molecular weight is 234 g/mol. The van der Waals surface area contributed by atoms with E-state index < -0.39 is 0 Å². The smallest absolute Gasteiger partial charge is 0.221 e. The van der Waals surface area contributed by atoms with Crippen molar-refractivity contribution in [1.82, 2.24) is 10.6 Å². The van der Waals surface area contributed by atoms with E-state index in [9.17, 15) is 4.79 Å². The van der Waals surface area contributed by atoms with Crippen molar-refractivity contribution in [3.8, 4) is 0 Å². The summed E-state index contributed by atoms with van der Waals surface area (Å²) in [6.07, 6.45) is 10.5. The van der Waals surface area contributed by atoms with E-state index in [2.05, 4.69) is 22.8 Å². The Labute approximate surface area is 103 Å². The van der Waals surface area contributed by atoms with Crippen LogP contribution in [0.3, 0.4) is 0 Å². The van der Waals surface area contributed by atoms with Gasteiger partial charge in [0.25, 0.3) is 0 Å². The van der Waals surface area contributed by atoms with Crippen LogP contribution in [0, 0.1) is 17.8 Å². The average Bonchev–Trinajstić information content (AvgIpc) is 2.90. The molecule has 0 aromatic heterocycles. The summed E-state index contributed by atoms with van der Waals surface area (Å²) >= 11 is 0. The molecule has 0 aromatic rings. The first-order valence-electron chi connectivity index (χ1n) is 6.99. The van der Waals surface area contributed by atoms with Crippen molar-refractivity contribution in [1.29, 1.82) is 0 Å². The minimum Gasteiger partial charge on any atom is -0.353 e.